The van der Waals surface area contributed by atoms with E-state index >= 15 is 0 Å². The summed E-state index contributed by atoms with van der Waals surface area (Å²) in [6.45, 7) is 8.44. The summed E-state index contributed by atoms with van der Waals surface area (Å²) in [5, 5.41) is 4.33. The average molecular weight is 488 g/mol. The van der Waals surface area contributed by atoms with E-state index in [9.17, 15) is 9.59 Å². The van der Waals surface area contributed by atoms with Crippen LogP contribution in [0.2, 0.25) is 0 Å². The zero-order valence-electron chi connectivity index (χ0n) is 17.6. The molecule has 0 saturated carbocycles. The number of allylic oxidation sites excluding steroid dienone is 2. The van der Waals surface area contributed by atoms with Crippen LogP contribution in [0, 0.1) is 5.41 Å². The van der Waals surface area contributed by atoms with Crippen LogP contribution in [0.1, 0.15) is 64.0 Å². The van der Waals surface area contributed by atoms with Crippen molar-refractivity contribution in [2.45, 2.75) is 63.3 Å². The Labute approximate surface area is 189 Å². The summed E-state index contributed by atoms with van der Waals surface area (Å²) < 4.78 is 0.879. The molecule has 2 heterocycles. The fourth-order valence-electron chi connectivity index (χ4n) is 4.24. The predicted octanol–water partition coefficient (Wildman–Crippen LogP) is 5.62. The van der Waals surface area contributed by atoms with E-state index in [0.717, 1.165) is 28.6 Å². The number of rotatable bonds is 4. The van der Waals surface area contributed by atoms with Crippen LogP contribution in [0.4, 0.5) is 5.82 Å². The molecule has 5 nitrogen and oxygen atoms in total. The summed E-state index contributed by atoms with van der Waals surface area (Å²) in [5.74, 6) is 0.224. The standard InChI is InChI=1S/C23H26BrN3O2S/c1-5-12(2)30-22-26-20-19(21(29)27-22)17(13-8-6-7-9-14(13)24)18-15(25-20)10-23(3,4)11-16(18)28/h6-9,12,17H,5,10-11H2,1-4H3,(H2,25,26,27,29). The van der Waals surface area contributed by atoms with Gasteiger partial charge in [-0.2, -0.15) is 0 Å². The van der Waals surface area contributed by atoms with E-state index in [4.69, 9.17) is 4.98 Å². The second kappa shape index (κ2) is 8.00. The third kappa shape index (κ3) is 3.89. The Morgan fingerprint density at radius 3 is 2.70 bits per heavy atom. The maximum absolute atomic E-state index is 13.3. The van der Waals surface area contributed by atoms with Crippen LogP contribution in [-0.4, -0.2) is 21.0 Å². The summed E-state index contributed by atoms with van der Waals surface area (Å²) in [4.78, 5) is 34.2. The molecule has 1 aromatic carbocycles. The number of thioether (sulfide) groups is 1. The highest BCUT2D eigenvalue weighted by Crippen LogP contribution is 2.48. The number of aromatic nitrogens is 2. The van der Waals surface area contributed by atoms with E-state index < -0.39 is 5.92 Å². The van der Waals surface area contributed by atoms with Crippen molar-refractivity contribution in [1.82, 2.24) is 9.97 Å². The molecule has 0 fully saturated rings. The lowest BCUT2D eigenvalue weighted by Crippen LogP contribution is -2.37. The van der Waals surface area contributed by atoms with Crippen molar-refractivity contribution in [3.63, 3.8) is 0 Å². The second-order valence-electron chi connectivity index (χ2n) is 8.88. The molecule has 1 aromatic heterocycles. The van der Waals surface area contributed by atoms with Crippen LogP contribution in [0.5, 0.6) is 0 Å². The van der Waals surface area contributed by atoms with Gasteiger partial charge in [-0.15, -0.1) is 0 Å². The number of fused-ring (bicyclic) bond motifs is 1. The lowest BCUT2D eigenvalue weighted by Gasteiger charge is -2.38. The Bertz CT molecular complexity index is 1110. The first-order chi connectivity index (χ1) is 14.2. The molecule has 1 aliphatic carbocycles. The quantitative estimate of drug-likeness (QED) is 0.432. The molecule has 2 aliphatic rings. The lowest BCUT2D eigenvalue weighted by atomic mass is 9.69. The van der Waals surface area contributed by atoms with E-state index in [1.807, 2.05) is 24.3 Å². The third-order valence-electron chi connectivity index (χ3n) is 5.80. The van der Waals surface area contributed by atoms with E-state index in [2.05, 4.69) is 53.9 Å². The number of halogens is 1. The highest BCUT2D eigenvalue weighted by Gasteiger charge is 2.42. The number of H-pyrrole nitrogens is 1. The molecule has 4 rings (SSSR count). The van der Waals surface area contributed by atoms with Gasteiger partial charge in [0.25, 0.3) is 5.56 Å². The Morgan fingerprint density at radius 2 is 2.00 bits per heavy atom. The molecule has 0 saturated heterocycles. The maximum Gasteiger partial charge on any atom is 0.257 e. The minimum Gasteiger partial charge on any atom is -0.343 e. The zero-order valence-corrected chi connectivity index (χ0v) is 20.0. The molecule has 0 spiro atoms. The van der Waals surface area contributed by atoms with Crippen molar-refractivity contribution >= 4 is 39.3 Å². The molecular formula is C23H26BrN3O2S. The van der Waals surface area contributed by atoms with Gasteiger partial charge in [-0.05, 0) is 29.9 Å². The summed E-state index contributed by atoms with van der Waals surface area (Å²) in [6, 6.07) is 7.80. The third-order valence-corrected chi connectivity index (χ3v) is 7.68. The van der Waals surface area contributed by atoms with Gasteiger partial charge in [0.2, 0.25) is 0 Å². The van der Waals surface area contributed by atoms with Crippen LogP contribution in [0.3, 0.4) is 0 Å². The van der Waals surface area contributed by atoms with Gasteiger partial charge in [0.1, 0.15) is 5.82 Å². The molecule has 2 atom stereocenters. The molecule has 2 unspecified atom stereocenters. The predicted molar refractivity (Wildman–Crippen MR) is 125 cm³/mol. The number of nitrogens with one attached hydrogen (secondary N) is 2. The Hall–Kier alpha value is -1.86. The van der Waals surface area contributed by atoms with Gasteiger partial charge in [-0.1, -0.05) is 73.6 Å². The van der Waals surface area contributed by atoms with Crippen molar-refractivity contribution in [2.75, 3.05) is 5.32 Å². The van der Waals surface area contributed by atoms with Crippen LogP contribution in [0.15, 0.2) is 50.0 Å². The SMILES string of the molecule is CCC(C)Sc1nc2c(c(=O)[nH]1)C(c1ccccc1Br)C1=C(CC(C)(C)CC1=O)N2. The number of anilines is 1. The molecule has 0 amide bonds. The van der Waals surface area contributed by atoms with Gasteiger partial charge in [0.05, 0.1) is 5.56 Å². The smallest absolute Gasteiger partial charge is 0.257 e. The van der Waals surface area contributed by atoms with Crippen LogP contribution in [-0.2, 0) is 4.79 Å². The van der Waals surface area contributed by atoms with Gasteiger partial charge in [-0.25, -0.2) is 4.98 Å². The van der Waals surface area contributed by atoms with E-state index in [1.54, 1.807) is 11.8 Å². The van der Waals surface area contributed by atoms with Crippen LogP contribution < -0.4 is 10.9 Å². The number of aromatic amines is 1. The number of nitrogens with zero attached hydrogens (tertiary/aromatic N) is 1. The first kappa shape index (κ1) is 21.4. The Balaban J connectivity index is 1.93. The van der Waals surface area contributed by atoms with Crippen LogP contribution >= 0.6 is 27.7 Å². The number of Topliss-reactive ketones (excluding diaryl/α,β-unsaturated/α-hetero) is 1. The molecule has 0 bridgehead atoms. The van der Waals surface area contributed by atoms with Crippen LogP contribution in [0.25, 0.3) is 0 Å². The number of benzene rings is 1. The number of hydrogen-bond acceptors (Lipinski definition) is 5. The summed E-state index contributed by atoms with van der Waals surface area (Å²) in [5.41, 5.74) is 2.69. The molecular weight excluding hydrogens is 462 g/mol. The molecule has 2 aromatic rings. The lowest BCUT2D eigenvalue weighted by molar-refractivity contribution is -0.118. The minimum atomic E-state index is -0.436. The number of ketones is 1. The number of carbonyl (C=O) groups is 1. The Morgan fingerprint density at radius 1 is 1.27 bits per heavy atom. The van der Waals surface area contributed by atoms with E-state index in [-0.39, 0.29) is 16.8 Å². The highest BCUT2D eigenvalue weighted by molar-refractivity contribution is 9.10. The molecule has 30 heavy (non-hydrogen) atoms. The number of carbonyl (C=O) groups excluding carboxylic acids is 1. The van der Waals surface area contributed by atoms with Crippen molar-refractivity contribution in [2.24, 2.45) is 5.41 Å². The van der Waals surface area contributed by atoms with Crippen molar-refractivity contribution in [3.8, 4) is 0 Å². The van der Waals surface area contributed by atoms with Gasteiger partial charge in [0.15, 0.2) is 10.9 Å². The number of hydrogen-bond donors (Lipinski definition) is 2. The molecule has 158 valence electrons. The monoisotopic (exact) mass is 487 g/mol. The second-order valence-corrected chi connectivity index (χ2v) is 11.2. The molecule has 1 aliphatic heterocycles. The van der Waals surface area contributed by atoms with Gasteiger partial charge < -0.3 is 10.3 Å². The summed E-state index contributed by atoms with van der Waals surface area (Å²) in [7, 11) is 0. The fourth-order valence-corrected chi connectivity index (χ4v) is 5.60. The Kier molecular flexibility index (Phi) is 5.70. The maximum atomic E-state index is 13.3. The molecule has 0 radical (unpaired) electrons. The summed E-state index contributed by atoms with van der Waals surface area (Å²) in [6.07, 6.45) is 2.20. The highest BCUT2D eigenvalue weighted by atomic mass is 79.9. The summed E-state index contributed by atoms with van der Waals surface area (Å²) >= 11 is 5.19. The first-order valence-electron chi connectivity index (χ1n) is 10.3. The van der Waals surface area contributed by atoms with Gasteiger partial charge in [0, 0.05) is 33.3 Å². The van der Waals surface area contributed by atoms with Gasteiger partial charge in [-0.3, -0.25) is 9.59 Å². The van der Waals surface area contributed by atoms with E-state index in [1.165, 1.54) is 0 Å². The molecule has 2 N–H and O–H groups in total. The van der Waals surface area contributed by atoms with Crippen molar-refractivity contribution in [3.05, 3.63) is 61.5 Å². The van der Waals surface area contributed by atoms with E-state index in [0.29, 0.717) is 33.8 Å². The zero-order chi connectivity index (χ0) is 21.6. The minimum absolute atomic E-state index is 0.0950. The van der Waals surface area contributed by atoms with Gasteiger partial charge >= 0.3 is 0 Å². The van der Waals surface area contributed by atoms with Crippen molar-refractivity contribution in [1.29, 1.82) is 0 Å². The van der Waals surface area contributed by atoms with Crippen molar-refractivity contribution < 1.29 is 4.79 Å². The topological polar surface area (TPSA) is 74.8 Å². The average Bonchev–Trinajstić information content (AvgIpc) is 2.65. The first-order valence-corrected chi connectivity index (χ1v) is 12.0. The fraction of sp³-hybridized carbons (Fsp3) is 0.435. The largest absolute Gasteiger partial charge is 0.343 e. The molecule has 7 heteroatoms. The normalized spacial score (nSPS) is 21.0.